The molecule has 0 aliphatic carbocycles. The number of likely N-dealkylation sites (tertiary alicyclic amines) is 1. The molecule has 2 atom stereocenters. The molecule has 1 saturated heterocycles. The van der Waals surface area contributed by atoms with E-state index in [1.165, 1.54) is 11.8 Å². The van der Waals surface area contributed by atoms with E-state index >= 15 is 0 Å². The molecule has 0 saturated carbocycles. The van der Waals surface area contributed by atoms with E-state index in [2.05, 4.69) is 0 Å². The Morgan fingerprint density at radius 3 is 2.76 bits per heavy atom. The van der Waals surface area contributed by atoms with E-state index in [4.69, 9.17) is 9.84 Å². The van der Waals surface area contributed by atoms with Crippen LogP contribution in [0.2, 0.25) is 0 Å². The van der Waals surface area contributed by atoms with Crippen molar-refractivity contribution in [1.29, 1.82) is 0 Å². The van der Waals surface area contributed by atoms with Crippen LogP contribution in [0.5, 0.6) is 0 Å². The molecule has 21 heavy (non-hydrogen) atoms. The Bertz CT molecular complexity index is 494. The quantitative estimate of drug-likeness (QED) is 0.905. The molecular formula is C15H19NO4S. The normalized spacial score (nSPS) is 19.3. The van der Waals surface area contributed by atoms with Gasteiger partial charge in [-0.25, -0.2) is 4.79 Å². The number of ether oxygens (including phenoxy) is 1. The van der Waals surface area contributed by atoms with E-state index in [-0.39, 0.29) is 18.6 Å². The third-order valence-electron chi connectivity index (χ3n) is 3.61. The first kappa shape index (κ1) is 15.7. The zero-order valence-corrected chi connectivity index (χ0v) is 12.7. The zero-order valence-electron chi connectivity index (χ0n) is 11.9. The number of benzene rings is 1. The van der Waals surface area contributed by atoms with Crippen LogP contribution in [0.25, 0.3) is 0 Å². The van der Waals surface area contributed by atoms with E-state index in [9.17, 15) is 9.59 Å². The molecule has 0 spiro atoms. The molecule has 1 aliphatic heterocycles. The number of carbonyl (C=O) groups is 2. The van der Waals surface area contributed by atoms with Crippen LogP contribution < -0.4 is 0 Å². The number of carboxylic acids is 1. The third-order valence-corrected chi connectivity index (χ3v) is 4.71. The first-order valence-corrected chi connectivity index (χ1v) is 8.12. The van der Waals surface area contributed by atoms with Gasteiger partial charge in [-0.15, -0.1) is 11.8 Å². The molecule has 2 unspecified atom stereocenters. The van der Waals surface area contributed by atoms with Gasteiger partial charge in [-0.3, -0.25) is 4.79 Å². The summed E-state index contributed by atoms with van der Waals surface area (Å²) in [6, 6.07) is 9.49. The van der Waals surface area contributed by atoms with Crippen LogP contribution in [0.15, 0.2) is 30.3 Å². The van der Waals surface area contributed by atoms with Crippen molar-refractivity contribution in [3.05, 3.63) is 35.9 Å². The van der Waals surface area contributed by atoms with Gasteiger partial charge in [0.2, 0.25) is 0 Å². The summed E-state index contributed by atoms with van der Waals surface area (Å²) in [6.45, 7) is 1.25. The van der Waals surface area contributed by atoms with Crippen LogP contribution in [0, 0.1) is 5.92 Å². The van der Waals surface area contributed by atoms with Crippen LogP contribution in [0.4, 0.5) is 4.79 Å². The van der Waals surface area contributed by atoms with E-state index in [0.29, 0.717) is 19.5 Å². The Kier molecular flexibility index (Phi) is 5.50. The molecule has 6 heteroatoms. The van der Waals surface area contributed by atoms with Crippen molar-refractivity contribution in [2.45, 2.75) is 18.3 Å². The number of hydrogen-bond donors (Lipinski definition) is 1. The fraction of sp³-hybridized carbons (Fsp3) is 0.467. The van der Waals surface area contributed by atoms with Gasteiger partial charge in [0.15, 0.2) is 0 Å². The van der Waals surface area contributed by atoms with Crippen molar-refractivity contribution in [2.24, 2.45) is 5.92 Å². The van der Waals surface area contributed by atoms with E-state index < -0.39 is 11.2 Å². The number of aliphatic carboxylic acids is 1. The highest BCUT2D eigenvalue weighted by atomic mass is 32.2. The lowest BCUT2D eigenvalue weighted by molar-refractivity contribution is -0.137. The zero-order chi connectivity index (χ0) is 15.2. The van der Waals surface area contributed by atoms with E-state index in [1.54, 1.807) is 11.2 Å². The van der Waals surface area contributed by atoms with Crippen molar-refractivity contribution in [3.63, 3.8) is 0 Å². The molecular weight excluding hydrogens is 290 g/mol. The Morgan fingerprint density at radius 2 is 2.14 bits per heavy atom. The molecule has 1 amide bonds. The molecule has 0 radical (unpaired) electrons. The van der Waals surface area contributed by atoms with Crippen LogP contribution in [-0.2, 0) is 16.1 Å². The van der Waals surface area contributed by atoms with Gasteiger partial charge in [0.25, 0.3) is 0 Å². The maximum absolute atomic E-state index is 12.0. The minimum Gasteiger partial charge on any atom is -0.480 e. The van der Waals surface area contributed by atoms with Crippen LogP contribution >= 0.6 is 11.8 Å². The second-order valence-corrected chi connectivity index (χ2v) is 6.01. The minimum atomic E-state index is -0.813. The van der Waals surface area contributed by atoms with Crippen molar-refractivity contribution < 1.29 is 19.4 Å². The molecule has 2 rings (SSSR count). The summed E-state index contributed by atoms with van der Waals surface area (Å²) in [5.41, 5.74) is 0.939. The Morgan fingerprint density at radius 1 is 1.43 bits per heavy atom. The summed E-state index contributed by atoms with van der Waals surface area (Å²) in [4.78, 5) is 24.7. The lowest BCUT2D eigenvalue weighted by Crippen LogP contribution is -2.33. The van der Waals surface area contributed by atoms with E-state index in [1.807, 2.05) is 30.3 Å². The Hall–Kier alpha value is -1.69. The van der Waals surface area contributed by atoms with Crippen LogP contribution in [0.1, 0.15) is 12.0 Å². The second-order valence-electron chi connectivity index (χ2n) is 5.03. The van der Waals surface area contributed by atoms with Crippen molar-refractivity contribution in [2.75, 3.05) is 19.3 Å². The van der Waals surface area contributed by atoms with Crippen LogP contribution in [0.3, 0.4) is 0 Å². The number of rotatable bonds is 5. The first-order valence-electron chi connectivity index (χ1n) is 6.83. The number of amides is 1. The Balaban J connectivity index is 1.83. The highest BCUT2D eigenvalue weighted by Crippen LogP contribution is 2.27. The number of carboxylic acid groups (broad SMARTS) is 1. The lowest BCUT2D eigenvalue weighted by Gasteiger charge is -2.19. The van der Waals surface area contributed by atoms with Gasteiger partial charge in [0.05, 0.1) is 0 Å². The highest BCUT2D eigenvalue weighted by Gasteiger charge is 2.35. The average Bonchev–Trinajstić information content (AvgIpc) is 2.96. The summed E-state index contributed by atoms with van der Waals surface area (Å²) in [5.74, 6) is -0.825. The smallest absolute Gasteiger partial charge is 0.410 e. The summed E-state index contributed by atoms with van der Waals surface area (Å²) in [5, 5.41) is 8.69. The van der Waals surface area contributed by atoms with Gasteiger partial charge < -0.3 is 14.7 Å². The third kappa shape index (κ3) is 4.14. The number of carbonyl (C=O) groups excluding carboxylic acids is 1. The van der Waals surface area contributed by atoms with Crippen molar-refractivity contribution in [1.82, 2.24) is 4.90 Å². The van der Waals surface area contributed by atoms with Crippen molar-refractivity contribution in [3.8, 4) is 0 Å². The minimum absolute atomic E-state index is 0.0122. The molecule has 1 aliphatic rings. The van der Waals surface area contributed by atoms with Crippen LogP contribution in [-0.4, -0.2) is 46.7 Å². The first-order chi connectivity index (χ1) is 10.1. The van der Waals surface area contributed by atoms with Gasteiger partial charge in [-0.05, 0) is 18.2 Å². The number of nitrogens with zero attached hydrogens (tertiary/aromatic N) is 1. The van der Waals surface area contributed by atoms with Gasteiger partial charge in [-0.2, -0.15) is 0 Å². The standard InChI is InChI=1S/C15H19NO4S/c1-21-13(14(17)18)12-7-8-16(9-12)15(19)20-10-11-5-3-2-4-6-11/h2-6,12-13H,7-10H2,1H3,(H,17,18). The van der Waals surface area contributed by atoms with Gasteiger partial charge >= 0.3 is 12.1 Å². The molecule has 5 nitrogen and oxygen atoms in total. The summed E-state index contributed by atoms with van der Waals surface area (Å²) >= 11 is 1.32. The highest BCUT2D eigenvalue weighted by molar-refractivity contribution is 7.99. The SMILES string of the molecule is CSC(C(=O)O)C1CCN(C(=O)OCc2ccccc2)C1. The number of thioether (sulfide) groups is 1. The predicted octanol–water partition coefficient (Wildman–Crippen LogP) is 2.46. The van der Waals surface area contributed by atoms with E-state index in [0.717, 1.165) is 5.56 Å². The molecule has 0 aromatic heterocycles. The van der Waals surface area contributed by atoms with Crippen molar-refractivity contribution >= 4 is 23.8 Å². The number of hydrogen-bond acceptors (Lipinski definition) is 4. The average molecular weight is 309 g/mol. The summed E-state index contributed by atoms with van der Waals surface area (Å²) in [7, 11) is 0. The summed E-state index contributed by atoms with van der Waals surface area (Å²) < 4.78 is 5.27. The summed E-state index contributed by atoms with van der Waals surface area (Å²) in [6.07, 6.45) is 2.12. The topological polar surface area (TPSA) is 66.8 Å². The molecule has 1 aromatic rings. The monoisotopic (exact) mass is 309 g/mol. The fourth-order valence-electron chi connectivity index (χ4n) is 2.51. The van der Waals surface area contributed by atoms with Gasteiger partial charge in [-0.1, -0.05) is 30.3 Å². The predicted molar refractivity (Wildman–Crippen MR) is 81.2 cm³/mol. The second kappa shape index (κ2) is 7.36. The van der Waals surface area contributed by atoms with Gasteiger partial charge in [0, 0.05) is 19.0 Å². The Labute approximate surface area is 128 Å². The van der Waals surface area contributed by atoms with Gasteiger partial charge in [0.1, 0.15) is 11.9 Å². The maximum Gasteiger partial charge on any atom is 0.410 e. The molecule has 1 aromatic carbocycles. The molecule has 114 valence electrons. The molecule has 1 heterocycles. The molecule has 1 fully saturated rings. The molecule has 0 bridgehead atoms. The lowest BCUT2D eigenvalue weighted by atomic mass is 10.1. The molecule has 1 N–H and O–H groups in total. The fourth-order valence-corrected chi connectivity index (χ4v) is 3.31. The maximum atomic E-state index is 12.0. The largest absolute Gasteiger partial charge is 0.480 e.